The lowest BCUT2D eigenvalue weighted by molar-refractivity contribution is 0.0944. The maximum atomic E-state index is 12.2. The molecule has 1 rings (SSSR count). The smallest absolute Gasteiger partial charge is 0.201 e. The second-order valence-electron chi connectivity index (χ2n) is 4.47. The van der Waals surface area contributed by atoms with Gasteiger partial charge in [-0.2, -0.15) is 5.10 Å². The minimum Gasteiger partial charge on any atom is -0.493 e. The average molecular weight is 254 g/mol. The highest BCUT2D eigenvalue weighted by Crippen LogP contribution is 2.19. The van der Waals surface area contributed by atoms with E-state index in [1.807, 2.05) is 25.9 Å². The quantitative estimate of drug-likeness (QED) is 0.712. The fourth-order valence-electron chi connectivity index (χ4n) is 1.59. The van der Waals surface area contributed by atoms with Gasteiger partial charge in [-0.1, -0.05) is 6.92 Å². The molecule has 0 bridgehead atoms. The Morgan fingerprint density at radius 1 is 1.61 bits per heavy atom. The van der Waals surface area contributed by atoms with Crippen molar-refractivity contribution in [2.45, 2.75) is 25.9 Å². The molecule has 102 valence electrons. The van der Waals surface area contributed by atoms with Gasteiger partial charge in [0.1, 0.15) is 5.69 Å². The van der Waals surface area contributed by atoms with Crippen LogP contribution in [0.5, 0.6) is 5.75 Å². The molecule has 0 aliphatic heterocycles. The third-order valence-electron chi connectivity index (χ3n) is 2.79. The first-order chi connectivity index (χ1) is 8.51. The van der Waals surface area contributed by atoms with E-state index in [1.165, 1.54) is 7.11 Å². The molecule has 2 N–H and O–H groups in total. The van der Waals surface area contributed by atoms with E-state index >= 15 is 0 Å². The van der Waals surface area contributed by atoms with Crippen LogP contribution in [-0.2, 0) is 6.54 Å². The summed E-state index contributed by atoms with van der Waals surface area (Å²) in [6, 6.07) is -0.506. The van der Waals surface area contributed by atoms with Gasteiger partial charge >= 0.3 is 0 Å². The molecule has 1 aromatic heterocycles. The molecule has 0 fully saturated rings. The highest BCUT2D eigenvalue weighted by atomic mass is 16.5. The first-order valence-corrected chi connectivity index (χ1v) is 6.05. The zero-order valence-corrected chi connectivity index (χ0v) is 11.5. The van der Waals surface area contributed by atoms with Crippen molar-refractivity contribution in [1.82, 2.24) is 14.7 Å². The van der Waals surface area contributed by atoms with Crippen LogP contribution in [0.2, 0.25) is 0 Å². The second kappa shape index (κ2) is 6.51. The number of Topliss-reactive ketones (excluding diaryl/α,β-unsaturated/α-hetero) is 1. The van der Waals surface area contributed by atoms with Crippen LogP contribution in [0.3, 0.4) is 0 Å². The minimum absolute atomic E-state index is 0.120. The highest BCUT2D eigenvalue weighted by molar-refractivity contribution is 6.00. The Morgan fingerprint density at radius 3 is 2.78 bits per heavy atom. The number of rotatable bonds is 7. The molecule has 1 heterocycles. The van der Waals surface area contributed by atoms with Crippen molar-refractivity contribution >= 4 is 5.78 Å². The van der Waals surface area contributed by atoms with Gasteiger partial charge < -0.3 is 15.4 Å². The van der Waals surface area contributed by atoms with Crippen molar-refractivity contribution in [2.75, 3.05) is 27.7 Å². The van der Waals surface area contributed by atoms with Gasteiger partial charge in [0.15, 0.2) is 5.75 Å². The molecule has 0 spiro atoms. The Hall–Kier alpha value is -1.40. The summed E-state index contributed by atoms with van der Waals surface area (Å²) in [6.07, 6.45) is 2.16. The van der Waals surface area contributed by atoms with E-state index in [0.29, 0.717) is 24.4 Å². The maximum absolute atomic E-state index is 12.2. The van der Waals surface area contributed by atoms with Crippen molar-refractivity contribution < 1.29 is 9.53 Å². The number of ketones is 1. The van der Waals surface area contributed by atoms with Crippen molar-refractivity contribution in [1.29, 1.82) is 0 Å². The maximum Gasteiger partial charge on any atom is 0.201 e. The molecule has 1 unspecified atom stereocenters. The number of aromatic nitrogens is 2. The van der Waals surface area contributed by atoms with Gasteiger partial charge in [0.25, 0.3) is 0 Å². The molecular formula is C12H22N4O2. The number of methoxy groups -OCH3 is 1. The number of hydrogen-bond donors (Lipinski definition) is 1. The molecule has 0 aromatic carbocycles. The van der Waals surface area contributed by atoms with Crippen LogP contribution in [0.15, 0.2) is 6.20 Å². The summed E-state index contributed by atoms with van der Waals surface area (Å²) in [6.45, 7) is 3.32. The topological polar surface area (TPSA) is 73.4 Å². The molecule has 18 heavy (non-hydrogen) atoms. The Labute approximate surface area is 108 Å². The molecule has 0 saturated carbocycles. The molecular weight excluding hydrogens is 232 g/mol. The van der Waals surface area contributed by atoms with Crippen molar-refractivity contribution in [3.05, 3.63) is 11.9 Å². The minimum atomic E-state index is -0.506. The average Bonchev–Trinajstić information content (AvgIpc) is 2.77. The van der Waals surface area contributed by atoms with Crippen molar-refractivity contribution in [2.24, 2.45) is 5.73 Å². The summed E-state index contributed by atoms with van der Waals surface area (Å²) < 4.78 is 6.84. The van der Waals surface area contributed by atoms with E-state index in [1.54, 1.807) is 10.9 Å². The molecule has 0 aliphatic rings. The first-order valence-electron chi connectivity index (χ1n) is 6.05. The van der Waals surface area contributed by atoms with Crippen molar-refractivity contribution in [3.63, 3.8) is 0 Å². The lowest BCUT2D eigenvalue weighted by atomic mass is 10.1. The highest BCUT2D eigenvalue weighted by Gasteiger charge is 2.23. The number of nitrogens with two attached hydrogens (primary N) is 1. The van der Waals surface area contributed by atoms with Gasteiger partial charge in [-0.05, 0) is 20.5 Å². The summed E-state index contributed by atoms with van der Waals surface area (Å²) in [5.41, 5.74) is 6.27. The monoisotopic (exact) mass is 254 g/mol. The predicted octanol–water partition coefficient (Wildman–Crippen LogP) is 0.373. The molecule has 0 amide bonds. The first kappa shape index (κ1) is 14.7. The predicted molar refractivity (Wildman–Crippen MR) is 69.9 cm³/mol. The molecule has 0 aliphatic carbocycles. The Morgan fingerprint density at radius 2 is 2.28 bits per heavy atom. The third kappa shape index (κ3) is 3.30. The number of ether oxygens (including phenoxy) is 1. The van der Waals surface area contributed by atoms with E-state index in [2.05, 4.69) is 5.10 Å². The lowest BCUT2D eigenvalue weighted by Gasteiger charge is -2.14. The second-order valence-corrected chi connectivity index (χ2v) is 4.47. The van der Waals surface area contributed by atoms with Crippen LogP contribution in [0.4, 0.5) is 0 Å². The molecule has 1 atom stereocenters. The van der Waals surface area contributed by atoms with Gasteiger partial charge in [-0.15, -0.1) is 0 Å². The van der Waals surface area contributed by atoms with Crippen LogP contribution in [0.25, 0.3) is 0 Å². The summed E-state index contributed by atoms with van der Waals surface area (Å²) in [5, 5.41) is 4.19. The number of nitrogens with zero attached hydrogens (tertiary/aromatic N) is 3. The largest absolute Gasteiger partial charge is 0.493 e. The van der Waals surface area contributed by atoms with E-state index in [0.717, 1.165) is 6.54 Å². The molecule has 1 aromatic rings. The van der Waals surface area contributed by atoms with Crippen LogP contribution in [-0.4, -0.2) is 54.3 Å². The van der Waals surface area contributed by atoms with Gasteiger partial charge in [0.05, 0.1) is 25.9 Å². The normalized spacial score (nSPS) is 12.8. The summed E-state index contributed by atoms with van der Waals surface area (Å²) in [4.78, 5) is 14.2. The standard InChI is InChI=1S/C12H22N4O2/c1-5-9(13)12(17)11-10(18-4)8-14-16(11)7-6-15(2)3/h8-9H,5-7,13H2,1-4H3. The van der Waals surface area contributed by atoms with Crippen LogP contribution in [0, 0.1) is 0 Å². The van der Waals surface area contributed by atoms with Gasteiger partial charge in [-0.25, -0.2) is 0 Å². The van der Waals surface area contributed by atoms with Gasteiger partial charge in [-0.3, -0.25) is 9.48 Å². The molecule has 0 radical (unpaired) electrons. The Bertz CT molecular complexity index is 401. The molecule has 6 heteroatoms. The van der Waals surface area contributed by atoms with E-state index in [-0.39, 0.29) is 5.78 Å². The van der Waals surface area contributed by atoms with E-state index < -0.39 is 6.04 Å². The molecule has 0 saturated heterocycles. The van der Waals surface area contributed by atoms with E-state index in [4.69, 9.17) is 10.5 Å². The van der Waals surface area contributed by atoms with Crippen LogP contribution >= 0.6 is 0 Å². The van der Waals surface area contributed by atoms with Gasteiger partial charge in [0.2, 0.25) is 5.78 Å². The van der Waals surface area contributed by atoms with Crippen LogP contribution in [0.1, 0.15) is 23.8 Å². The lowest BCUT2D eigenvalue weighted by Crippen LogP contribution is -2.32. The summed E-state index contributed by atoms with van der Waals surface area (Å²) in [7, 11) is 5.47. The van der Waals surface area contributed by atoms with Gasteiger partial charge in [0, 0.05) is 6.54 Å². The number of carbonyl (C=O) groups is 1. The summed E-state index contributed by atoms with van der Waals surface area (Å²) in [5.74, 6) is 0.369. The zero-order valence-electron chi connectivity index (χ0n) is 11.5. The SMILES string of the molecule is CCC(N)C(=O)c1c(OC)cnn1CCN(C)C. The van der Waals surface area contributed by atoms with E-state index in [9.17, 15) is 4.79 Å². The number of likely N-dealkylation sites (N-methyl/N-ethyl adjacent to an activating group) is 1. The fraction of sp³-hybridized carbons (Fsp3) is 0.667. The number of carbonyl (C=O) groups excluding carboxylic acids is 1. The Kier molecular flexibility index (Phi) is 5.30. The van der Waals surface area contributed by atoms with Crippen LogP contribution < -0.4 is 10.5 Å². The molecule has 6 nitrogen and oxygen atoms in total. The van der Waals surface area contributed by atoms with Crippen molar-refractivity contribution in [3.8, 4) is 5.75 Å². The third-order valence-corrected chi connectivity index (χ3v) is 2.79. The summed E-state index contributed by atoms with van der Waals surface area (Å²) >= 11 is 0. The Balaban J connectivity index is 2.98. The fourth-order valence-corrected chi connectivity index (χ4v) is 1.59. The zero-order chi connectivity index (χ0) is 13.7. The number of hydrogen-bond acceptors (Lipinski definition) is 5.